The van der Waals surface area contributed by atoms with Crippen molar-refractivity contribution in [2.24, 2.45) is 0 Å². The normalized spacial score (nSPS) is 19.2. The molecule has 0 aromatic heterocycles. The molecule has 322 valence electrons. The highest BCUT2D eigenvalue weighted by Gasteiger charge is 2.53. The maximum atomic E-state index is 4.32. The van der Waals surface area contributed by atoms with Gasteiger partial charge in [-0.3, -0.25) is 0 Å². The lowest BCUT2D eigenvalue weighted by Gasteiger charge is -2.39. The van der Waals surface area contributed by atoms with Gasteiger partial charge in [0.1, 0.15) is 0 Å². The fourth-order valence-corrected chi connectivity index (χ4v) is 12.8. The van der Waals surface area contributed by atoms with Crippen molar-refractivity contribution in [3.63, 3.8) is 0 Å². The van der Waals surface area contributed by atoms with Crippen molar-refractivity contribution in [3.05, 3.63) is 280 Å². The summed E-state index contributed by atoms with van der Waals surface area (Å²) in [7, 11) is 0. The third-order valence-corrected chi connectivity index (χ3v) is 15.8. The van der Waals surface area contributed by atoms with Gasteiger partial charge in [0.15, 0.2) is 0 Å². The Kier molecular flexibility index (Phi) is 8.99. The summed E-state index contributed by atoms with van der Waals surface area (Å²) in [5.74, 6) is 0.323. The number of nitrogens with zero attached hydrogens (tertiary/aromatic N) is 1. The van der Waals surface area contributed by atoms with Gasteiger partial charge in [0.05, 0.1) is 11.5 Å². The number of fused-ring (bicyclic) bond motifs is 16. The van der Waals surface area contributed by atoms with Crippen LogP contribution in [-0.4, -0.2) is 6.04 Å². The van der Waals surface area contributed by atoms with E-state index in [1.807, 2.05) is 6.08 Å². The fraction of sp³-hybridized carbons (Fsp3) is 0.138. The molecule has 7 aromatic carbocycles. The minimum Gasteiger partial charge on any atom is -0.358 e. The van der Waals surface area contributed by atoms with Gasteiger partial charge in [0, 0.05) is 39.7 Å². The molecule has 2 unspecified atom stereocenters. The molecule has 0 amide bonds. The molecule has 6 aliphatic rings. The molecule has 1 aliphatic heterocycles. The lowest BCUT2D eigenvalue weighted by Crippen LogP contribution is -2.36. The van der Waals surface area contributed by atoms with Crippen LogP contribution in [0, 0.1) is 0 Å². The molecule has 67 heavy (non-hydrogen) atoms. The molecule has 1 N–H and O–H groups in total. The van der Waals surface area contributed by atoms with Crippen molar-refractivity contribution in [2.75, 3.05) is 10.2 Å². The summed E-state index contributed by atoms with van der Waals surface area (Å²) in [4.78, 5) is 2.62. The summed E-state index contributed by atoms with van der Waals surface area (Å²) in [5, 5.41) is 3.85. The van der Waals surface area contributed by atoms with E-state index >= 15 is 0 Å². The molecular formula is C65H52N2. The lowest BCUT2D eigenvalue weighted by atomic mass is 9.70. The van der Waals surface area contributed by atoms with E-state index in [-0.39, 0.29) is 11.5 Å². The molecule has 7 aromatic rings. The fourth-order valence-electron chi connectivity index (χ4n) is 12.8. The molecule has 2 atom stereocenters. The Bertz CT molecular complexity index is 3360. The molecule has 0 bridgehead atoms. The summed E-state index contributed by atoms with van der Waals surface area (Å²) >= 11 is 0. The molecular weight excluding hydrogens is 809 g/mol. The van der Waals surface area contributed by atoms with Crippen molar-refractivity contribution in [1.82, 2.24) is 0 Å². The van der Waals surface area contributed by atoms with Crippen molar-refractivity contribution >= 4 is 16.9 Å². The van der Waals surface area contributed by atoms with E-state index in [0.717, 1.165) is 25.0 Å². The Morgan fingerprint density at radius 2 is 1.30 bits per heavy atom. The van der Waals surface area contributed by atoms with Gasteiger partial charge in [-0.2, -0.15) is 0 Å². The molecule has 1 heterocycles. The molecule has 2 heteroatoms. The number of rotatable bonds is 8. The molecule has 0 saturated heterocycles. The molecule has 13 rings (SSSR count). The van der Waals surface area contributed by atoms with Crippen LogP contribution in [0.3, 0.4) is 0 Å². The number of hydrogen-bond donors (Lipinski definition) is 1. The standard InChI is InChI=1S/C65H52N2/c1-4-18-45(22-16-19-42-33-38-60-53(39-42)54-40-52-50-26-8-12-28-55(50)64(2,3)59(52)41-61(54)66-60)67(46-36-34-44(35-37-46)43-20-6-5-7-21-43)62-32-17-27-51-49-25-11-15-31-58(49)65(63(51)62)56-29-13-9-23-47(56)48-24-10-14-30-57(48)65/h4-18,20-36,38,40-41,46,53,66H,1,19,37,39H2,2-3H3/b22-16-,45-18+. The van der Waals surface area contributed by atoms with Gasteiger partial charge in [-0.25, -0.2) is 0 Å². The van der Waals surface area contributed by atoms with Crippen molar-refractivity contribution < 1.29 is 0 Å². The Labute approximate surface area is 395 Å². The number of hydrogen-bond acceptors (Lipinski definition) is 2. The first-order valence-corrected chi connectivity index (χ1v) is 24.0. The second kappa shape index (κ2) is 15.2. The van der Waals surface area contributed by atoms with E-state index in [0.29, 0.717) is 5.92 Å². The van der Waals surface area contributed by atoms with Crippen molar-refractivity contribution in [2.45, 2.75) is 55.9 Å². The van der Waals surface area contributed by atoms with Crippen molar-refractivity contribution in [3.8, 4) is 33.4 Å². The van der Waals surface area contributed by atoms with E-state index in [9.17, 15) is 0 Å². The van der Waals surface area contributed by atoms with E-state index < -0.39 is 5.41 Å². The van der Waals surface area contributed by atoms with E-state index in [2.05, 4.69) is 237 Å². The highest BCUT2D eigenvalue weighted by atomic mass is 15.2. The molecule has 5 aliphatic carbocycles. The van der Waals surface area contributed by atoms with E-state index in [1.165, 1.54) is 106 Å². The first kappa shape index (κ1) is 39.7. The van der Waals surface area contributed by atoms with Crippen LogP contribution in [0.15, 0.2) is 236 Å². The third-order valence-electron chi connectivity index (χ3n) is 15.8. The molecule has 0 radical (unpaired) electrons. The van der Waals surface area contributed by atoms with Gasteiger partial charge < -0.3 is 10.2 Å². The average molecular weight is 861 g/mol. The topological polar surface area (TPSA) is 15.3 Å². The molecule has 2 nitrogen and oxygen atoms in total. The monoisotopic (exact) mass is 860 g/mol. The van der Waals surface area contributed by atoms with Crippen LogP contribution < -0.4 is 10.2 Å². The first-order chi connectivity index (χ1) is 32.9. The summed E-state index contributed by atoms with van der Waals surface area (Å²) in [6.45, 7) is 9.05. The van der Waals surface area contributed by atoms with Crippen LogP contribution in [0.4, 0.5) is 11.4 Å². The number of benzene rings is 7. The second-order valence-corrected chi connectivity index (χ2v) is 19.6. The Balaban J connectivity index is 0.898. The lowest BCUT2D eigenvalue weighted by molar-refractivity contribution is 0.660. The minimum atomic E-state index is -0.485. The Morgan fingerprint density at radius 1 is 0.672 bits per heavy atom. The Morgan fingerprint density at radius 3 is 1.97 bits per heavy atom. The van der Waals surface area contributed by atoms with Crippen molar-refractivity contribution in [1.29, 1.82) is 0 Å². The SMILES string of the molecule is C=C/C=C(\C=C/CC1=CC=C2Nc3cc4c(cc3C2C1)-c1ccccc1C4(C)C)N(c1cccc2c1C1(c3ccccc3-c3ccccc31)c1ccccc1-2)C1C=CC(c2ccccc2)=CC1. The van der Waals surface area contributed by atoms with Crippen LogP contribution in [0.5, 0.6) is 0 Å². The summed E-state index contributed by atoms with van der Waals surface area (Å²) < 4.78 is 0. The number of allylic oxidation sites excluding steroid dienone is 10. The van der Waals surface area contributed by atoms with Crippen LogP contribution in [0.25, 0.3) is 39.0 Å². The minimum absolute atomic E-state index is 0.0200. The van der Waals surface area contributed by atoms with Gasteiger partial charge in [-0.1, -0.05) is 202 Å². The predicted octanol–water partition coefficient (Wildman–Crippen LogP) is 16.0. The number of anilines is 2. The quantitative estimate of drug-likeness (QED) is 0.153. The maximum absolute atomic E-state index is 4.32. The summed E-state index contributed by atoms with van der Waals surface area (Å²) in [6.07, 6.45) is 23.5. The van der Waals surface area contributed by atoms with E-state index in [4.69, 9.17) is 0 Å². The van der Waals surface area contributed by atoms with Gasteiger partial charge in [0.25, 0.3) is 0 Å². The highest BCUT2D eigenvalue weighted by Crippen LogP contribution is 2.65. The highest BCUT2D eigenvalue weighted by molar-refractivity contribution is 5.98. The zero-order valence-corrected chi connectivity index (χ0v) is 38.1. The van der Waals surface area contributed by atoms with Crippen LogP contribution in [0.2, 0.25) is 0 Å². The Hall–Kier alpha value is -7.68. The maximum Gasteiger partial charge on any atom is 0.0746 e. The van der Waals surface area contributed by atoms with Crippen LogP contribution >= 0.6 is 0 Å². The average Bonchev–Trinajstić information content (AvgIpc) is 4.06. The zero-order valence-electron chi connectivity index (χ0n) is 38.1. The first-order valence-electron chi connectivity index (χ1n) is 24.0. The molecule has 0 fully saturated rings. The second-order valence-electron chi connectivity index (χ2n) is 19.6. The predicted molar refractivity (Wildman–Crippen MR) is 280 cm³/mol. The largest absolute Gasteiger partial charge is 0.358 e. The van der Waals surface area contributed by atoms with Gasteiger partial charge in [0.2, 0.25) is 0 Å². The van der Waals surface area contributed by atoms with Gasteiger partial charge in [-0.05, 0) is 134 Å². The molecule has 1 spiro atoms. The van der Waals surface area contributed by atoms with Gasteiger partial charge >= 0.3 is 0 Å². The molecule has 0 saturated carbocycles. The van der Waals surface area contributed by atoms with E-state index in [1.54, 1.807) is 0 Å². The zero-order chi connectivity index (χ0) is 44.9. The van der Waals surface area contributed by atoms with Crippen LogP contribution in [0.1, 0.15) is 83.5 Å². The summed E-state index contributed by atoms with van der Waals surface area (Å²) in [5.41, 5.74) is 26.0. The van der Waals surface area contributed by atoms with Crippen LogP contribution in [-0.2, 0) is 10.8 Å². The smallest absolute Gasteiger partial charge is 0.0746 e. The third kappa shape index (κ3) is 5.82. The number of nitrogens with one attached hydrogen (secondary N) is 1. The summed E-state index contributed by atoms with van der Waals surface area (Å²) in [6, 6.07) is 59.1. The van der Waals surface area contributed by atoms with Gasteiger partial charge in [-0.15, -0.1) is 0 Å².